The first-order valence-electron chi connectivity index (χ1n) is 8.40. The summed E-state index contributed by atoms with van der Waals surface area (Å²) in [4.78, 5) is 17.0. The van der Waals surface area contributed by atoms with Crippen molar-refractivity contribution in [2.75, 3.05) is 19.0 Å². The van der Waals surface area contributed by atoms with Crippen molar-refractivity contribution in [2.45, 2.75) is 32.7 Å². The summed E-state index contributed by atoms with van der Waals surface area (Å²) in [6, 6.07) is 7.22. The lowest BCUT2D eigenvalue weighted by Crippen LogP contribution is -2.30. The Kier molecular flexibility index (Phi) is 5.02. The molecule has 0 saturated heterocycles. The van der Waals surface area contributed by atoms with Gasteiger partial charge >= 0.3 is 5.97 Å². The number of methoxy groups -OCH3 is 1. The van der Waals surface area contributed by atoms with Gasteiger partial charge in [0.05, 0.1) is 19.3 Å². The number of anilines is 1. The van der Waals surface area contributed by atoms with E-state index in [0.717, 1.165) is 29.9 Å². The highest BCUT2D eigenvalue weighted by Crippen LogP contribution is 2.37. The zero-order valence-electron chi connectivity index (χ0n) is 14.7. The number of carbonyl (C=O) groups is 1. The van der Waals surface area contributed by atoms with Gasteiger partial charge in [0, 0.05) is 5.70 Å². The van der Waals surface area contributed by atoms with Gasteiger partial charge in [0.25, 0.3) is 0 Å². The highest BCUT2D eigenvalue weighted by atomic mass is 16.5. The summed E-state index contributed by atoms with van der Waals surface area (Å²) < 4.78 is 12.4. The Labute approximate surface area is 146 Å². The molecular formula is C18H22N4O3. The minimum absolute atomic E-state index is 0.316. The molecule has 0 radical (unpaired) electrons. The van der Waals surface area contributed by atoms with Crippen LogP contribution in [-0.2, 0) is 9.53 Å². The molecule has 1 aliphatic heterocycles. The third kappa shape index (κ3) is 3.22. The molecule has 25 heavy (non-hydrogen) atoms. The number of aromatic nitrogens is 3. The Morgan fingerprint density at radius 1 is 1.36 bits per heavy atom. The van der Waals surface area contributed by atoms with Crippen molar-refractivity contribution in [3.8, 4) is 5.75 Å². The van der Waals surface area contributed by atoms with Crippen LogP contribution in [0.2, 0.25) is 0 Å². The topological polar surface area (TPSA) is 78.3 Å². The van der Waals surface area contributed by atoms with Crippen molar-refractivity contribution in [3.63, 3.8) is 0 Å². The molecule has 1 unspecified atom stereocenters. The van der Waals surface area contributed by atoms with E-state index in [-0.39, 0.29) is 5.97 Å². The number of esters is 1. The van der Waals surface area contributed by atoms with Crippen molar-refractivity contribution in [3.05, 3.63) is 47.4 Å². The maximum absolute atomic E-state index is 12.7. The predicted octanol–water partition coefficient (Wildman–Crippen LogP) is 2.92. The fraction of sp³-hybridized carbons (Fsp3) is 0.389. The van der Waals surface area contributed by atoms with Crippen LogP contribution in [0.5, 0.6) is 5.75 Å². The Hall–Kier alpha value is -2.83. The Balaban J connectivity index is 2.17. The molecule has 1 aromatic carbocycles. The van der Waals surface area contributed by atoms with Gasteiger partial charge in [-0.2, -0.15) is 10.1 Å². The molecule has 0 spiro atoms. The summed E-state index contributed by atoms with van der Waals surface area (Å²) in [6.07, 6.45) is 3.10. The Morgan fingerprint density at radius 2 is 2.20 bits per heavy atom. The monoisotopic (exact) mass is 342 g/mol. The Bertz CT molecular complexity index is 797. The smallest absolute Gasteiger partial charge is 0.338 e. The minimum atomic E-state index is -0.408. The van der Waals surface area contributed by atoms with Crippen LogP contribution in [0.25, 0.3) is 0 Å². The second-order valence-electron chi connectivity index (χ2n) is 5.70. The number of carbonyl (C=O) groups excluding carboxylic acids is 1. The van der Waals surface area contributed by atoms with Crippen molar-refractivity contribution in [1.82, 2.24) is 14.8 Å². The van der Waals surface area contributed by atoms with Gasteiger partial charge in [0.2, 0.25) is 5.95 Å². The van der Waals surface area contributed by atoms with E-state index in [2.05, 4.69) is 22.3 Å². The zero-order valence-corrected chi connectivity index (χ0v) is 14.7. The summed E-state index contributed by atoms with van der Waals surface area (Å²) in [5.74, 6) is 0.995. The summed E-state index contributed by atoms with van der Waals surface area (Å²) in [5.41, 5.74) is 2.29. The Morgan fingerprint density at radius 3 is 2.92 bits per heavy atom. The van der Waals surface area contributed by atoms with Crippen LogP contribution in [0.15, 0.2) is 41.9 Å². The molecule has 0 saturated carbocycles. The zero-order chi connectivity index (χ0) is 17.8. The highest BCUT2D eigenvalue weighted by Gasteiger charge is 2.35. The van der Waals surface area contributed by atoms with Crippen molar-refractivity contribution >= 4 is 11.9 Å². The predicted molar refractivity (Wildman–Crippen MR) is 93.3 cm³/mol. The second-order valence-corrected chi connectivity index (χ2v) is 5.70. The van der Waals surface area contributed by atoms with Crippen LogP contribution in [0.1, 0.15) is 38.3 Å². The van der Waals surface area contributed by atoms with E-state index in [0.29, 0.717) is 18.1 Å². The molecule has 132 valence electrons. The average Bonchev–Trinajstić information content (AvgIpc) is 3.09. The van der Waals surface area contributed by atoms with E-state index in [9.17, 15) is 4.79 Å². The molecule has 0 fully saturated rings. The number of nitrogens with zero attached hydrogens (tertiary/aromatic N) is 3. The average molecular weight is 342 g/mol. The van der Waals surface area contributed by atoms with E-state index in [4.69, 9.17) is 9.47 Å². The number of rotatable bonds is 6. The molecule has 2 aromatic rings. The van der Waals surface area contributed by atoms with Gasteiger partial charge in [0.1, 0.15) is 18.1 Å². The van der Waals surface area contributed by atoms with Gasteiger partial charge in [-0.1, -0.05) is 25.5 Å². The lowest BCUT2D eigenvalue weighted by atomic mass is 9.94. The number of benzene rings is 1. The molecule has 1 aliphatic rings. The maximum atomic E-state index is 12.7. The largest absolute Gasteiger partial charge is 0.497 e. The van der Waals surface area contributed by atoms with Crippen LogP contribution in [0.4, 0.5) is 5.95 Å². The number of hydrogen-bond acceptors (Lipinski definition) is 6. The third-order valence-corrected chi connectivity index (χ3v) is 4.08. The molecule has 7 nitrogen and oxygen atoms in total. The van der Waals surface area contributed by atoms with Crippen molar-refractivity contribution in [2.24, 2.45) is 0 Å². The van der Waals surface area contributed by atoms with Gasteiger partial charge < -0.3 is 14.8 Å². The molecule has 0 amide bonds. The molecule has 2 heterocycles. The van der Waals surface area contributed by atoms with Gasteiger partial charge in [-0.05, 0) is 31.0 Å². The quantitative estimate of drug-likeness (QED) is 0.813. The first-order valence-corrected chi connectivity index (χ1v) is 8.40. The third-order valence-electron chi connectivity index (χ3n) is 4.08. The summed E-state index contributed by atoms with van der Waals surface area (Å²) in [5, 5.41) is 7.55. The molecule has 1 aromatic heterocycles. The fourth-order valence-electron chi connectivity index (χ4n) is 3.03. The lowest BCUT2D eigenvalue weighted by Gasteiger charge is -2.29. The lowest BCUT2D eigenvalue weighted by molar-refractivity contribution is -0.139. The van der Waals surface area contributed by atoms with E-state index in [1.165, 1.54) is 6.33 Å². The fourth-order valence-corrected chi connectivity index (χ4v) is 3.03. The summed E-state index contributed by atoms with van der Waals surface area (Å²) >= 11 is 0. The van der Waals surface area contributed by atoms with E-state index < -0.39 is 6.04 Å². The minimum Gasteiger partial charge on any atom is -0.497 e. The molecule has 0 bridgehead atoms. The molecule has 0 aliphatic carbocycles. The van der Waals surface area contributed by atoms with Gasteiger partial charge in [-0.3, -0.25) is 0 Å². The van der Waals surface area contributed by atoms with Crippen LogP contribution >= 0.6 is 0 Å². The summed E-state index contributed by atoms with van der Waals surface area (Å²) in [6.45, 7) is 4.18. The molecular weight excluding hydrogens is 320 g/mol. The molecule has 1 N–H and O–H groups in total. The normalized spacial score (nSPS) is 16.2. The second kappa shape index (κ2) is 7.38. The molecule has 3 rings (SSSR count). The van der Waals surface area contributed by atoms with Crippen LogP contribution in [0.3, 0.4) is 0 Å². The van der Waals surface area contributed by atoms with Crippen LogP contribution in [0, 0.1) is 0 Å². The number of ether oxygens (including phenoxy) is 2. The number of nitrogens with one attached hydrogen (secondary N) is 1. The van der Waals surface area contributed by atoms with Crippen LogP contribution < -0.4 is 10.1 Å². The molecule has 1 atom stereocenters. The standard InChI is InChI=1S/C18H22N4O3/c1-4-7-14-15(17(23)25-5-2)16(22-18(21-14)19-11-20-22)12-8-6-9-13(10-12)24-3/h6,8-11,16H,4-5,7H2,1-3H3,(H,19,20,21). The maximum Gasteiger partial charge on any atom is 0.338 e. The first kappa shape index (κ1) is 17.0. The van der Waals surface area contributed by atoms with E-state index in [1.54, 1.807) is 18.7 Å². The van der Waals surface area contributed by atoms with Gasteiger partial charge in [-0.25, -0.2) is 9.48 Å². The summed E-state index contributed by atoms with van der Waals surface area (Å²) in [7, 11) is 1.62. The van der Waals surface area contributed by atoms with E-state index >= 15 is 0 Å². The van der Waals surface area contributed by atoms with Crippen molar-refractivity contribution < 1.29 is 14.3 Å². The number of fused-ring (bicyclic) bond motifs is 1. The first-order chi connectivity index (χ1) is 12.2. The number of allylic oxidation sites excluding steroid dienone is 1. The highest BCUT2D eigenvalue weighted by molar-refractivity contribution is 5.92. The van der Waals surface area contributed by atoms with E-state index in [1.807, 2.05) is 24.3 Å². The molecule has 7 heteroatoms. The van der Waals surface area contributed by atoms with Crippen molar-refractivity contribution in [1.29, 1.82) is 0 Å². The van der Waals surface area contributed by atoms with Crippen LogP contribution in [-0.4, -0.2) is 34.5 Å². The van der Waals surface area contributed by atoms with Gasteiger partial charge in [-0.15, -0.1) is 0 Å². The number of hydrogen-bond donors (Lipinski definition) is 1. The van der Waals surface area contributed by atoms with Gasteiger partial charge in [0.15, 0.2) is 0 Å². The SMILES string of the molecule is CCCC1=C(C(=O)OCC)C(c2cccc(OC)c2)n2ncnc2N1.